The van der Waals surface area contributed by atoms with Crippen molar-refractivity contribution in [1.82, 2.24) is 10.3 Å². The van der Waals surface area contributed by atoms with E-state index < -0.39 is 0 Å². The molecule has 1 rings (SSSR count). The Balaban J connectivity index is 2.52. The van der Waals surface area contributed by atoms with Crippen molar-refractivity contribution < 1.29 is 4.79 Å². The van der Waals surface area contributed by atoms with E-state index in [0.717, 1.165) is 12.1 Å². The number of carbonyl (C=O) groups excluding carboxylic acids is 1. The van der Waals surface area contributed by atoms with E-state index in [1.807, 2.05) is 19.1 Å². The fourth-order valence-electron chi connectivity index (χ4n) is 1.03. The molecule has 0 fully saturated rings. The number of nitrogens with one attached hydrogen (secondary N) is 1. The Morgan fingerprint density at radius 2 is 2.36 bits per heavy atom. The Bertz CT molecular complexity index is 315. The lowest BCUT2D eigenvalue weighted by Gasteiger charge is -2.03. The molecule has 0 saturated carbocycles. The first-order chi connectivity index (χ1) is 6.74. The molecule has 14 heavy (non-hydrogen) atoms. The topological polar surface area (TPSA) is 42.0 Å². The number of amides is 1. The molecule has 0 spiro atoms. The molecule has 0 atom stereocenters. The van der Waals surface area contributed by atoms with Crippen LogP contribution in [0.3, 0.4) is 0 Å². The average molecular weight is 213 g/mol. The largest absolute Gasteiger partial charge is 0.351 e. The molecule has 1 heterocycles. The van der Waals surface area contributed by atoms with Crippen LogP contribution >= 0.6 is 11.6 Å². The summed E-state index contributed by atoms with van der Waals surface area (Å²) in [5, 5.41) is 2.74. The second-order valence-corrected chi connectivity index (χ2v) is 3.34. The Labute approximate surface area is 88.5 Å². The Morgan fingerprint density at radius 1 is 1.57 bits per heavy atom. The standard InChI is InChI=1S/C10H13ClN2O/c1-8-4-2-5-9(13-8)10(14)12-7-3-6-11/h2,4-5H,3,6-7H2,1H3,(H,12,14). The number of hydrogen-bond acceptors (Lipinski definition) is 2. The first kappa shape index (κ1) is 11.0. The molecule has 4 heteroatoms. The summed E-state index contributed by atoms with van der Waals surface area (Å²) in [4.78, 5) is 15.6. The minimum absolute atomic E-state index is 0.140. The molecule has 0 aromatic carbocycles. The summed E-state index contributed by atoms with van der Waals surface area (Å²) in [7, 11) is 0. The molecule has 76 valence electrons. The third-order valence-electron chi connectivity index (χ3n) is 1.72. The number of hydrogen-bond donors (Lipinski definition) is 1. The molecule has 0 aliphatic heterocycles. The van der Waals surface area contributed by atoms with Gasteiger partial charge in [-0.05, 0) is 25.5 Å². The molecule has 0 unspecified atom stereocenters. The number of aromatic nitrogens is 1. The highest BCUT2D eigenvalue weighted by molar-refractivity contribution is 6.17. The number of nitrogens with zero attached hydrogens (tertiary/aromatic N) is 1. The fraction of sp³-hybridized carbons (Fsp3) is 0.400. The summed E-state index contributed by atoms with van der Waals surface area (Å²) >= 11 is 5.49. The van der Waals surface area contributed by atoms with Crippen LogP contribution in [-0.4, -0.2) is 23.3 Å². The van der Waals surface area contributed by atoms with Gasteiger partial charge in [0, 0.05) is 18.1 Å². The highest BCUT2D eigenvalue weighted by Gasteiger charge is 2.05. The number of carbonyl (C=O) groups is 1. The van der Waals surface area contributed by atoms with Gasteiger partial charge in [0.2, 0.25) is 0 Å². The van der Waals surface area contributed by atoms with Gasteiger partial charge >= 0.3 is 0 Å². The molecular weight excluding hydrogens is 200 g/mol. The van der Waals surface area contributed by atoms with Crippen molar-refractivity contribution in [1.29, 1.82) is 0 Å². The molecule has 0 aliphatic rings. The van der Waals surface area contributed by atoms with E-state index >= 15 is 0 Å². The smallest absolute Gasteiger partial charge is 0.269 e. The summed E-state index contributed by atoms with van der Waals surface area (Å²) in [6, 6.07) is 5.37. The number of halogens is 1. The lowest BCUT2D eigenvalue weighted by Crippen LogP contribution is -2.25. The maximum absolute atomic E-state index is 11.5. The Hall–Kier alpha value is -1.09. The lowest BCUT2D eigenvalue weighted by molar-refractivity contribution is 0.0948. The third-order valence-corrected chi connectivity index (χ3v) is 1.98. The predicted octanol–water partition coefficient (Wildman–Crippen LogP) is 1.75. The molecule has 1 N–H and O–H groups in total. The van der Waals surface area contributed by atoms with E-state index in [-0.39, 0.29) is 5.91 Å². The minimum atomic E-state index is -0.140. The summed E-state index contributed by atoms with van der Waals surface area (Å²) in [6.07, 6.45) is 0.777. The van der Waals surface area contributed by atoms with Gasteiger partial charge in [0.1, 0.15) is 5.69 Å². The van der Waals surface area contributed by atoms with Crippen molar-refractivity contribution in [2.24, 2.45) is 0 Å². The SMILES string of the molecule is Cc1cccc(C(=O)NCCCCl)n1. The van der Waals surface area contributed by atoms with Gasteiger partial charge in [-0.2, -0.15) is 0 Å². The summed E-state index contributed by atoms with van der Waals surface area (Å²) in [6.45, 7) is 2.45. The van der Waals surface area contributed by atoms with Gasteiger partial charge in [-0.1, -0.05) is 6.07 Å². The number of alkyl halides is 1. The van der Waals surface area contributed by atoms with Gasteiger partial charge in [-0.3, -0.25) is 4.79 Å². The van der Waals surface area contributed by atoms with E-state index in [1.54, 1.807) is 6.07 Å². The van der Waals surface area contributed by atoms with Crippen LogP contribution in [0.2, 0.25) is 0 Å². The third kappa shape index (κ3) is 3.34. The molecule has 0 bridgehead atoms. The molecule has 0 radical (unpaired) electrons. The highest BCUT2D eigenvalue weighted by atomic mass is 35.5. The van der Waals surface area contributed by atoms with Gasteiger partial charge in [0.25, 0.3) is 5.91 Å². The van der Waals surface area contributed by atoms with Crippen molar-refractivity contribution in [3.05, 3.63) is 29.6 Å². The van der Waals surface area contributed by atoms with Crippen LogP contribution in [0, 0.1) is 6.92 Å². The van der Waals surface area contributed by atoms with Gasteiger partial charge in [0.05, 0.1) is 0 Å². The van der Waals surface area contributed by atoms with Crippen molar-refractivity contribution in [2.45, 2.75) is 13.3 Å². The average Bonchev–Trinajstić information content (AvgIpc) is 2.18. The molecule has 1 aromatic rings. The van der Waals surface area contributed by atoms with Crippen LogP contribution in [0.4, 0.5) is 0 Å². The van der Waals surface area contributed by atoms with E-state index in [9.17, 15) is 4.79 Å². The quantitative estimate of drug-likeness (QED) is 0.610. The van der Waals surface area contributed by atoms with Gasteiger partial charge < -0.3 is 5.32 Å². The van der Waals surface area contributed by atoms with E-state index in [0.29, 0.717) is 18.1 Å². The van der Waals surface area contributed by atoms with Crippen molar-refractivity contribution in [3.8, 4) is 0 Å². The summed E-state index contributed by atoms with van der Waals surface area (Å²) in [5.41, 5.74) is 1.30. The van der Waals surface area contributed by atoms with Crippen LogP contribution < -0.4 is 5.32 Å². The number of aryl methyl sites for hydroxylation is 1. The second kappa shape index (κ2) is 5.60. The zero-order chi connectivity index (χ0) is 10.4. The normalized spacial score (nSPS) is 9.86. The molecule has 0 saturated heterocycles. The summed E-state index contributed by atoms with van der Waals surface area (Å²) in [5.74, 6) is 0.417. The van der Waals surface area contributed by atoms with Crippen LogP contribution in [0.5, 0.6) is 0 Å². The van der Waals surface area contributed by atoms with Crippen LogP contribution in [0.1, 0.15) is 22.6 Å². The van der Waals surface area contributed by atoms with Gasteiger partial charge in [0.15, 0.2) is 0 Å². The maximum atomic E-state index is 11.5. The van der Waals surface area contributed by atoms with Crippen LogP contribution in [0.15, 0.2) is 18.2 Å². The van der Waals surface area contributed by atoms with E-state index in [4.69, 9.17) is 11.6 Å². The van der Waals surface area contributed by atoms with Crippen molar-refractivity contribution in [3.63, 3.8) is 0 Å². The van der Waals surface area contributed by atoms with E-state index in [2.05, 4.69) is 10.3 Å². The second-order valence-electron chi connectivity index (χ2n) is 2.96. The fourth-order valence-corrected chi connectivity index (χ4v) is 1.16. The first-order valence-electron chi connectivity index (χ1n) is 4.52. The maximum Gasteiger partial charge on any atom is 0.269 e. The predicted molar refractivity (Wildman–Crippen MR) is 56.6 cm³/mol. The molecule has 3 nitrogen and oxygen atoms in total. The van der Waals surface area contributed by atoms with Crippen molar-refractivity contribution >= 4 is 17.5 Å². The number of pyridine rings is 1. The molecule has 1 aromatic heterocycles. The summed E-state index contributed by atoms with van der Waals surface area (Å²) < 4.78 is 0. The van der Waals surface area contributed by atoms with Gasteiger partial charge in [-0.15, -0.1) is 11.6 Å². The highest BCUT2D eigenvalue weighted by Crippen LogP contribution is 1.97. The van der Waals surface area contributed by atoms with Crippen molar-refractivity contribution in [2.75, 3.05) is 12.4 Å². The molecule has 1 amide bonds. The lowest BCUT2D eigenvalue weighted by atomic mass is 10.3. The molecular formula is C10H13ClN2O. The zero-order valence-corrected chi connectivity index (χ0v) is 8.84. The Kier molecular flexibility index (Phi) is 4.40. The van der Waals surface area contributed by atoms with Crippen LogP contribution in [0.25, 0.3) is 0 Å². The Morgan fingerprint density at radius 3 is 3.00 bits per heavy atom. The zero-order valence-electron chi connectivity index (χ0n) is 8.09. The van der Waals surface area contributed by atoms with Crippen LogP contribution in [-0.2, 0) is 0 Å². The minimum Gasteiger partial charge on any atom is -0.351 e. The molecule has 0 aliphatic carbocycles. The number of rotatable bonds is 4. The van der Waals surface area contributed by atoms with E-state index in [1.165, 1.54) is 0 Å². The monoisotopic (exact) mass is 212 g/mol. The first-order valence-corrected chi connectivity index (χ1v) is 5.05. The van der Waals surface area contributed by atoms with Gasteiger partial charge in [-0.25, -0.2) is 4.98 Å².